The first-order valence-corrected chi connectivity index (χ1v) is 9.30. The van der Waals surface area contributed by atoms with Gasteiger partial charge in [0, 0.05) is 11.8 Å². The predicted molar refractivity (Wildman–Crippen MR) is 84.4 cm³/mol. The predicted octanol–water partition coefficient (Wildman–Crippen LogP) is 1.08. The molecule has 2 rings (SSSR count). The Labute approximate surface area is 130 Å². The minimum Gasteiger partial charge on any atom is -0.348 e. The SMILES string of the molecule is CCCS(=O)(=O)C(C)C(=O)NC1CCCc2[nH]c(=O)ccc21. The number of nitrogens with one attached hydrogen (secondary N) is 2. The van der Waals surface area contributed by atoms with E-state index in [1.165, 1.54) is 13.0 Å². The number of amides is 1. The highest BCUT2D eigenvalue weighted by Crippen LogP contribution is 2.27. The first kappa shape index (κ1) is 16.7. The van der Waals surface area contributed by atoms with Crippen LogP contribution in [0.15, 0.2) is 16.9 Å². The largest absolute Gasteiger partial charge is 0.348 e. The van der Waals surface area contributed by atoms with Crippen LogP contribution in [0.25, 0.3) is 0 Å². The molecule has 1 aromatic heterocycles. The van der Waals surface area contributed by atoms with E-state index in [0.717, 1.165) is 30.5 Å². The lowest BCUT2D eigenvalue weighted by Gasteiger charge is -2.27. The monoisotopic (exact) mass is 326 g/mol. The highest BCUT2D eigenvalue weighted by atomic mass is 32.2. The van der Waals surface area contributed by atoms with Crippen LogP contribution in [0.5, 0.6) is 0 Å². The molecule has 122 valence electrons. The number of rotatable bonds is 5. The number of aromatic nitrogens is 1. The van der Waals surface area contributed by atoms with Gasteiger partial charge in [-0.2, -0.15) is 0 Å². The lowest BCUT2D eigenvalue weighted by Crippen LogP contribution is -2.41. The third-order valence-electron chi connectivity index (χ3n) is 4.04. The fourth-order valence-electron chi connectivity index (χ4n) is 2.76. The fraction of sp³-hybridized carbons (Fsp3) is 0.600. The van der Waals surface area contributed by atoms with E-state index < -0.39 is 21.0 Å². The van der Waals surface area contributed by atoms with Gasteiger partial charge in [-0.3, -0.25) is 9.59 Å². The Morgan fingerprint density at radius 1 is 1.45 bits per heavy atom. The van der Waals surface area contributed by atoms with Gasteiger partial charge in [0.1, 0.15) is 5.25 Å². The zero-order valence-corrected chi connectivity index (χ0v) is 13.7. The number of sulfone groups is 1. The second kappa shape index (κ2) is 6.64. The normalized spacial score (nSPS) is 19.3. The van der Waals surface area contributed by atoms with Gasteiger partial charge in [-0.05, 0) is 44.2 Å². The molecule has 0 saturated heterocycles. The summed E-state index contributed by atoms with van der Waals surface area (Å²) in [6.07, 6.45) is 2.84. The Bertz CT molecular complexity index is 708. The summed E-state index contributed by atoms with van der Waals surface area (Å²) in [5, 5.41) is 1.76. The summed E-state index contributed by atoms with van der Waals surface area (Å²) < 4.78 is 24.0. The van der Waals surface area contributed by atoms with Gasteiger partial charge in [0.25, 0.3) is 0 Å². The summed E-state index contributed by atoms with van der Waals surface area (Å²) in [6, 6.07) is 2.90. The van der Waals surface area contributed by atoms with Crippen molar-refractivity contribution in [1.82, 2.24) is 10.3 Å². The van der Waals surface area contributed by atoms with E-state index in [2.05, 4.69) is 10.3 Å². The van der Waals surface area contributed by atoms with E-state index in [1.54, 1.807) is 13.0 Å². The molecule has 0 aliphatic heterocycles. The number of hydrogen-bond acceptors (Lipinski definition) is 4. The van der Waals surface area contributed by atoms with E-state index in [9.17, 15) is 18.0 Å². The van der Waals surface area contributed by atoms with Crippen LogP contribution in [0, 0.1) is 0 Å². The fourth-order valence-corrected chi connectivity index (χ4v) is 4.08. The molecule has 1 aliphatic carbocycles. The molecule has 0 radical (unpaired) electrons. The number of carbonyl (C=O) groups is 1. The molecule has 0 spiro atoms. The molecule has 2 N–H and O–H groups in total. The second-order valence-electron chi connectivity index (χ2n) is 5.72. The number of aryl methyl sites for hydroxylation is 1. The maximum Gasteiger partial charge on any atom is 0.248 e. The Hall–Kier alpha value is -1.63. The Morgan fingerprint density at radius 2 is 2.18 bits per heavy atom. The van der Waals surface area contributed by atoms with Gasteiger partial charge in [-0.15, -0.1) is 0 Å². The summed E-state index contributed by atoms with van der Waals surface area (Å²) in [7, 11) is -3.41. The van der Waals surface area contributed by atoms with E-state index >= 15 is 0 Å². The average molecular weight is 326 g/mol. The number of fused-ring (bicyclic) bond motifs is 1. The van der Waals surface area contributed by atoms with Crippen LogP contribution in [0.2, 0.25) is 0 Å². The van der Waals surface area contributed by atoms with Crippen LogP contribution in [0.1, 0.15) is 50.4 Å². The van der Waals surface area contributed by atoms with Gasteiger partial charge in [-0.1, -0.05) is 6.92 Å². The number of hydrogen-bond donors (Lipinski definition) is 2. The molecule has 0 aromatic carbocycles. The van der Waals surface area contributed by atoms with Gasteiger partial charge < -0.3 is 10.3 Å². The molecular formula is C15H22N2O4S. The van der Waals surface area contributed by atoms with Gasteiger partial charge in [0.15, 0.2) is 9.84 Å². The molecule has 6 nitrogen and oxygen atoms in total. The van der Waals surface area contributed by atoms with E-state index in [-0.39, 0.29) is 17.4 Å². The smallest absolute Gasteiger partial charge is 0.248 e. The van der Waals surface area contributed by atoms with E-state index in [1.807, 2.05) is 0 Å². The summed E-state index contributed by atoms with van der Waals surface area (Å²) in [5.41, 5.74) is 1.54. The van der Waals surface area contributed by atoms with Crippen molar-refractivity contribution >= 4 is 15.7 Å². The minimum atomic E-state index is -3.41. The van der Waals surface area contributed by atoms with Crippen LogP contribution in [0.3, 0.4) is 0 Å². The first-order valence-electron chi connectivity index (χ1n) is 7.59. The lowest BCUT2D eigenvalue weighted by molar-refractivity contribution is -0.121. The zero-order valence-electron chi connectivity index (χ0n) is 12.9. The molecule has 1 heterocycles. The lowest BCUT2D eigenvalue weighted by atomic mass is 9.91. The van der Waals surface area contributed by atoms with Gasteiger partial charge in [0.2, 0.25) is 11.5 Å². The molecule has 0 saturated carbocycles. The molecule has 0 bridgehead atoms. The maximum absolute atomic E-state index is 12.2. The van der Waals surface area contributed by atoms with Crippen molar-refractivity contribution in [1.29, 1.82) is 0 Å². The molecule has 22 heavy (non-hydrogen) atoms. The molecule has 0 fully saturated rings. The molecular weight excluding hydrogens is 304 g/mol. The molecule has 2 atom stereocenters. The number of H-pyrrole nitrogens is 1. The Kier molecular flexibility index (Phi) is 5.05. The summed E-state index contributed by atoms with van der Waals surface area (Å²) in [6.45, 7) is 3.20. The topological polar surface area (TPSA) is 96.1 Å². The third kappa shape index (κ3) is 3.58. The summed E-state index contributed by atoms with van der Waals surface area (Å²) >= 11 is 0. The number of carbonyl (C=O) groups excluding carboxylic acids is 1. The third-order valence-corrected chi connectivity index (χ3v) is 6.31. The standard InChI is InChI=1S/C15H22N2O4S/c1-3-9-22(20,21)10(2)15(19)17-13-6-4-5-12-11(13)7-8-14(18)16-12/h7-8,10,13H,3-6,9H2,1-2H3,(H,16,18)(H,17,19). The first-order chi connectivity index (χ1) is 10.3. The highest BCUT2D eigenvalue weighted by Gasteiger charge is 2.30. The van der Waals surface area contributed by atoms with Crippen molar-refractivity contribution in [3.05, 3.63) is 33.7 Å². The molecule has 7 heteroatoms. The quantitative estimate of drug-likeness (QED) is 0.846. The molecule has 1 amide bonds. The van der Waals surface area contributed by atoms with Gasteiger partial charge >= 0.3 is 0 Å². The van der Waals surface area contributed by atoms with Crippen molar-refractivity contribution in [2.24, 2.45) is 0 Å². The number of pyridine rings is 1. The van der Waals surface area contributed by atoms with Crippen LogP contribution in [-0.2, 0) is 21.1 Å². The molecule has 2 unspecified atom stereocenters. The Balaban J connectivity index is 2.15. The van der Waals surface area contributed by atoms with E-state index in [0.29, 0.717) is 6.42 Å². The average Bonchev–Trinajstić information content (AvgIpc) is 2.46. The van der Waals surface area contributed by atoms with Crippen molar-refractivity contribution in [3.8, 4) is 0 Å². The summed E-state index contributed by atoms with van der Waals surface area (Å²) in [4.78, 5) is 26.4. The van der Waals surface area contributed by atoms with Crippen molar-refractivity contribution < 1.29 is 13.2 Å². The highest BCUT2D eigenvalue weighted by molar-refractivity contribution is 7.92. The molecule has 1 aromatic rings. The van der Waals surface area contributed by atoms with Gasteiger partial charge in [-0.25, -0.2) is 8.42 Å². The van der Waals surface area contributed by atoms with E-state index in [4.69, 9.17) is 0 Å². The number of aromatic amines is 1. The van der Waals surface area contributed by atoms with Crippen LogP contribution in [-0.4, -0.2) is 30.3 Å². The van der Waals surface area contributed by atoms with Crippen molar-refractivity contribution in [2.45, 2.75) is 50.8 Å². The van der Waals surface area contributed by atoms with Crippen molar-refractivity contribution in [2.75, 3.05) is 5.75 Å². The minimum absolute atomic E-state index is 0.0101. The molecule has 1 aliphatic rings. The van der Waals surface area contributed by atoms with Crippen molar-refractivity contribution in [3.63, 3.8) is 0 Å². The maximum atomic E-state index is 12.2. The van der Waals surface area contributed by atoms with Crippen LogP contribution in [0.4, 0.5) is 0 Å². The zero-order chi connectivity index (χ0) is 16.3. The van der Waals surface area contributed by atoms with Crippen LogP contribution < -0.4 is 10.9 Å². The summed E-state index contributed by atoms with van der Waals surface area (Å²) in [5.74, 6) is -0.464. The van der Waals surface area contributed by atoms with Crippen LogP contribution >= 0.6 is 0 Å². The Morgan fingerprint density at radius 3 is 2.86 bits per heavy atom. The van der Waals surface area contributed by atoms with Gasteiger partial charge in [0.05, 0.1) is 11.8 Å². The second-order valence-corrected chi connectivity index (χ2v) is 8.16.